The molecule has 0 bridgehead atoms. The van der Waals surface area contributed by atoms with Crippen LogP contribution in [-0.4, -0.2) is 24.8 Å². The summed E-state index contributed by atoms with van der Waals surface area (Å²) in [6.07, 6.45) is 0.413. The lowest BCUT2D eigenvalue weighted by atomic mass is 9.69. The van der Waals surface area contributed by atoms with E-state index in [1.54, 1.807) is 13.0 Å². The van der Waals surface area contributed by atoms with Gasteiger partial charge in [-0.1, -0.05) is 49.4 Å². The van der Waals surface area contributed by atoms with Gasteiger partial charge in [0.15, 0.2) is 5.78 Å². The van der Waals surface area contributed by atoms with Gasteiger partial charge in [0.05, 0.1) is 12.7 Å². The number of hydrogen-bond acceptors (Lipinski definition) is 6. The van der Waals surface area contributed by atoms with Gasteiger partial charge in [0.1, 0.15) is 18.3 Å². The number of dihydropyridines is 1. The second-order valence-electron chi connectivity index (χ2n) is 8.65. The van der Waals surface area contributed by atoms with Crippen LogP contribution in [0, 0.1) is 17.7 Å². The van der Waals surface area contributed by atoms with E-state index >= 15 is 0 Å². The van der Waals surface area contributed by atoms with E-state index in [1.807, 2.05) is 37.3 Å². The van der Waals surface area contributed by atoms with Gasteiger partial charge in [0.2, 0.25) is 0 Å². The standard InChI is InChI=1S/C27H26FNO5/c1-15-12-20-24(25(30)21(15)26(31)33-3)23(18-10-7-11-19(28)13-18)22(16(2)29-20)27(32)34-14-17-8-5-4-6-9-17/h4-11,13,15,21,23,29H,12,14H2,1-3H3/t15-,21-,23-/m0/s1. The van der Waals surface area contributed by atoms with E-state index in [0.29, 0.717) is 23.4 Å². The summed E-state index contributed by atoms with van der Waals surface area (Å²) in [5.74, 6) is -4.32. The highest BCUT2D eigenvalue weighted by atomic mass is 19.1. The van der Waals surface area contributed by atoms with Crippen LogP contribution >= 0.6 is 0 Å². The highest BCUT2D eigenvalue weighted by molar-refractivity contribution is 6.12. The molecule has 2 aliphatic rings. The summed E-state index contributed by atoms with van der Waals surface area (Å²) in [5.41, 5.74) is 2.90. The fourth-order valence-corrected chi connectivity index (χ4v) is 4.77. The van der Waals surface area contributed by atoms with E-state index in [1.165, 1.54) is 25.3 Å². The fourth-order valence-electron chi connectivity index (χ4n) is 4.77. The average molecular weight is 464 g/mol. The van der Waals surface area contributed by atoms with Crippen LogP contribution < -0.4 is 5.32 Å². The molecule has 4 rings (SSSR count). The second kappa shape index (κ2) is 9.63. The van der Waals surface area contributed by atoms with Crippen molar-refractivity contribution >= 4 is 17.7 Å². The number of halogens is 1. The molecule has 3 atom stereocenters. The van der Waals surface area contributed by atoms with Crippen LogP contribution in [0.15, 0.2) is 77.1 Å². The van der Waals surface area contributed by atoms with E-state index in [0.717, 1.165) is 5.56 Å². The third kappa shape index (κ3) is 4.38. The topological polar surface area (TPSA) is 81.7 Å². The number of carbonyl (C=O) groups is 3. The van der Waals surface area contributed by atoms with Gasteiger partial charge in [-0.15, -0.1) is 0 Å². The van der Waals surface area contributed by atoms with E-state index in [9.17, 15) is 18.8 Å². The Balaban J connectivity index is 1.77. The smallest absolute Gasteiger partial charge is 0.337 e. The predicted molar refractivity (Wildman–Crippen MR) is 123 cm³/mol. The normalized spacial score (nSPS) is 22.1. The summed E-state index contributed by atoms with van der Waals surface area (Å²) in [7, 11) is 1.24. The minimum atomic E-state index is -0.999. The molecule has 0 saturated heterocycles. The molecule has 0 aromatic heterocycles. The third-order valence-corrected chi connectivity index (χ3v) is 6.36. The van der Waals surface area contributed by atoms with Crippen molar-refractivity contribution in [3.05, 3.63) is 94.1 Å². The summed E-state index contributed by atoms with van der Waals surface area (Å²) in [4.78, 5) is 39.4. The first-order valence-electron chi connectivity index (χ1n) is 11.1. The van der Waals surface area contributed by atoms with Crippen molar-refractivity contribution in [2.24, 2.45) is 11.8 Å². The molecule has 2 aromatic carbocycles. The molecule has 0 unspecified atom stereocenters. The molecule has 0 radical (unpaired) electrons. The summed E-state index contributed by atoms with van der Waals surface area (Å²) in [6.45, 7) is 3.59. The van der Waals surface area contributed by atoms with E-state index < -0.39 is 35.4 Å². The molecule has 34 heavy (non-hydrogen) atoms. The quantitative estimate of drug-likeness (QED) is 0.529. The summed E-state index contributed by atoms with van der Waals surface area (Å²) in [6, 6.07) is 15.0. The van der Waals surface area contributed by atoms with Gasteiger partial charge in [-0.05, 0) is 42.5 Å². The molecule has 1 heterocycles. The third-order valence-electron chi connectivity index (χ3n) is 6.36. The van der Waals surface area contributed by atoms with Crippen LogP contribution in [0.5, 0.6) is 0 Å². The highest BCUT2D eigenvalue weighted by Crippen LogP contribution is 2.45. The molecule has 1 aliphatic heterocycles. The molecule has 176 valence electrons. The highest BCUT2D eigenvalue weighted by Gasteiger charge is 2.47. The van der Waals surface area contributed by atoms with Crippen LogP contribution in [0.25, 0.3) is 0 Å². The Bertz CT molecular complexity index is 1200. The molecule has 1 aliphatic carbocycles. The molecule has 1 N–H and O–H groups in total. The van der Waals surface area contributed by atoms with Crippen molar-refractivity contribution in [3.8, 4) is 0 Å². The number of nitrogens with one attached hydrogen (secondary N) is 1. The Labute approximate surface area is 197 Å². The molecule has 6 nitrogen and oxygen atoms in total. The van der Waals surface area contributed by atoms with Gasteiger partial charge in [0.25, 0.3) is 0 Å². The Morgan fingerprint density at radius 1 is 1.12 bits per heavy atom. The molecule has 0 spiro atoms. The largest absolute Gasteiger partial charge is 0.468 e. The summed E-state index contributed by atoms with van der Waals surface area (Å²) >= 11 is 0. The number of benzene rings is 2. The molecular formula is C27H26FNO5. The van der Waals surface area contributed by atoms with Gasteiger partial charge in [-0.25, -0.2) is 9.18 Å². The maximum atomic E-state index is 14.2. The maximum absolute atomic E-state index is 14.2. The molecule has 0 saturated carbocycles. The lowest BCUT2D eigenvalue weighted by Gasteiger charge is -2.38. The Morgan fingerprint density at radius 2 is 1.85 bits per heavy atom. The van der Waals surface area contributed by atoms with Gasteiger partial charge in [-0.2, -0.15) is 0 Å². The first kappa shape index (κ1) is 23.4. The molecule has 0 fully saturated rings. The molecule has 2 aromatic rings. The van der Waals surface area contributed by atoms with E-state index in [2.05, 4.69) is 5.32 Å². The number of hydrogen-bond donors (Lipinski definition) is 1. The van der Waals surface area contributed by atoms with E-state index in [4.69, 9.17) is 9.47 Å². The molecule has 0 amide bonds. The number of methoxy groups -OCH3 is 1. The zero-order valence-electron chi connectivity index (χ0n) is 19.3. The van der Waals surface area contributed by atoms with Crippen LogP contribution in [0.2, 0.25) is 0 Å². The SMILES string of the molecule is COC(=O)[C@@H]1C(=O)C2=C(C[C@@H]1C)NC(C)=C(C(=O)OCc1ccccc1)[C@@H]2c1cccc(F)c1. The van der Waals surface area contributed by atoms with Crippen molar-refractivity contribution in [1.82, 2.24) is 5.32 Å². The van der Waals surface area contributed by atoms with Crippen LogP contribution in [0.4, 0.5) is 4.39 Å². The van der Waals surface area contributed by atoms with E-state index in [-0.39, 0.29) is 23.7 Å². The first-order valence-corrected chi connectivity index (χ1v) is 11.1. The Hall–Kier alpha value is -3.74. The number of ketones is 1. The summed E-state index contributed by atoms with van der Waals surface area (Å²) in [5, 5.41) is 3.19. The number of allylic oxidation sites excluding steroid dienone is 3. The molecule has 7 heteroatoms. The van der Waals surface area contributed by atoms with Crippen molar-refractivity contribution in [1.29, 1.82) is 0 Å². The first-order chi connectivity index (χ1) is 16.3. The van der Waals surface area contributed by atoms with Gasteiger partial charge < -0.3 is 14.8 Å². The van der Waals surface area contributed by atoms with Crippen LogP contribution in [0.3, 0.4) is 0 Å². The lowest BCUT2D eigenvalue weighted by Crippen LogP contribution is -2.43. The number of carbonyl (C=O) groups excluding carboxylic acids is 3. The van der Waals surface area contributed by atoms with Crippen molar-refractivity contribution in [3.63, 3.8) is 0 Å². The number of esters is 2. The van der Waals surface area contributed by atoms with Crippen molar-refractivity contribution < 1.29 is 28.2 Å². The van der Waals surface area contributed by atoms with Gasteiger partial charge in [-0.3, -0.25) is 9.59 Å². The average Bonchev–Trinajstić information content (AvgIpc) is 2.82. The molecular weight excluding hydrogens is 437 g/mol. The summed E-state index contributed by atoms with van der Waals surface area (Å²) < 4.78 is 24.7. The Morgan fingerprint density at radius 3 is 2.53 bits per heavy atom. The second-order valence-corrected chi connectivity index (χ2v) is 8.65. The predicted octanol–water partition coefficient (Wildman–Crippen LogP) is 4.18. The van der Waals surface area contributed by atoms with Crippen LogP contribution in [-0.2, 0) is 30.5 Å². The Kier molecular flexibility index (Phi) is 6.63. The number of Topliss-reactive ketones (excluding diaryl/α,β-unsaturated/α-hetero) is 1. The number of ether oxygens (including phenoxy) is 2. The fraction of sp³-hybridized carbons (Fsp3) is 0.296. The monoisotopic (exact) mass is 463 g/mol. The minimum absolute atomic E-state index is 0.0496. The zero-order chi connectivity index (χ0) is 24.4. The van der Waals surface area contributed by atoms with Gasteiger partial charge >= 0.3 is 11.9 Å². The zero-order valence-corrected chi connectivity index (χ0v) is 19.3. The van der Waals surface area contributed by atoms with Gasteiger partial charge in [0, 0.05) is 22.9 Å². The van der Waals surface area contributed by atoms with Crippen molar-refractivity contribution in [2.45, 2.75) is 32.8 Å². The van der Waals surface area contributed by atoms with Crippen molar-refractivity contribution in [2.75, 3.05) is 7.11 Å². The minimum Gasteiger partial charge on any atom is -0.468 e. The van der Waals surface area contributed by atoms with Crippen LogP contribution in [0.1, 0.15) is 37.3 Å². The maximum Gasteiger partial charge on any atom is 0.337 e. The number of rotatable bonds is 5. The lowest BCUT2D eigenvalue weighted by molar-refractivity contribution is -0.151.